The van der Waals surface area contributed by atoms with Crippen LogP contribution >= 0.6 is 0 Å². The lowest BCUT2D eigenvalue weighted by Gasteiger charge is -2.22. The number of amides is 1. The highest BCUT2D eigenvalue weighted by molar-refractivity contribution is 6.06. The third-order valence-electron chi connectivity index (χ3n) is 5.26. The summed E-state index contributed by atoms with van der Waals surface area (Å²) in [6, 6.07) is 21.8. The molecule has 1 atom stereocenters. The van der Waals surface area contributed by atoms with Gasteiger partial charge in [-0.05, 0) is 47.4 Å². The Morgan fingerprint density at radius 1 is 0.931 bits per heavy atom. The van der Waals surface area contributed by atoms with Crippen molar-refractivity contribution in [1.82, 2.24) is 0 Å². The fourth-order valence-electron chi connectivity index (χ4n) is 3.82. The van der Waals surface area contributed by atoms with E-state index < -0.39 is 0 Å². The Bertz CT molecular complexity index is 1050. The molecule has 0 bridgehead atoms. The molecule has 0 saturated carbocycles. The van der Waals surface area contributed by atoms with E-state index in [1.165, 1.54) is 23.8 Å². The van der Waals surface area contributed by atoms with Crippen molar-refractivity contribution in [1.29, 1.82) is 0 Å². The molecule has 0 aromatic heterocycles. The average molecular weight is 385 g/mol. The molecule has 0 heterocycles. The molecule has 1 unspecified atom stereocenters. The summed E-state index contributed by atoms with van der Waals surface area (Å²) >= 11 is 0. The van der Waals surface area contributed by atoms with Crippen LogP contribution in [0.25, 0.3) is 6.08 Å². The molecule has 1 N–H and O–H groups in total. The van der Waals surface area contributed by atoms with Crippen molar-refractivity contribution in [3.05, 3.63) is 95.1 Å². The van der Waals surface area contributed by atoms with Gasteiger partial charge in [0.05, 0.1) is 19.8 Å². The first-order valence-electron chi connectivity index (χ1n) is 9.59. The van der Waals surface area contributed by atoms with Crippen LogP contribution in [0.2, 0.25) is 0 Å². The van der Waals surface area contributed by atoms with E-state index >= 15 is 0 Å². The fraction of sp³-hybridized carbons (Fsp3) is 0.160. The Morgan fingerprint density at radius 3 is 2.48 bits per heavy atom. The van der Waals surface area contributed by atoms with Crippen molar-refractivity contribution < 1.29 is 14.3 Å². The quantitative estimate of drug-likeness (QED) is 0.630. The highest BCUT2D eigenvalue weighted by Gasteiger charge is 2.19. The minimum atomic E-state index is -0.237. The molecule has 29 heavy (non-hydrogen) atoms. The third-order valence-corrected chi connectivity index (χ3v) is 5.26. The number of carbonyl (C=O) groups is 1. The lowest BCUT2D eigenvalue weighted by atomic mass is 9.82. The van der Waals surface area contributed by atoms with Crippen LogP contribution in [0.3, 0.4) is 0 Å². The molecule has 0 fully saturated rings. The predicted octanol–water partition coefficient (Wildman–Crippen LogP) is 5.50. The number of ether oxygens (including phenoxy) is 2. The lowest BCUT2D eigenvalue weighted by molar-refractivity contribution is 0.102. The molecule has 0 radical (unpaired) electrons. The van der Waals surface area contributed by atoms with E-state index in [4.69, 9.17) is 9.47 Å². The zero-order valence-corrected chi connectivity index (χ0v) is 16.5. The average Bonchev–Trinajstić information content (AvgIpc) is 2.78. The number of rotatable bonds is 5. The summed E-state index contributed by atoms with van der Waals surface area (Å²) < 4.78 is 10.6. The zero-order chi connectivity index (χ0) is 20.2. The van der Waals surface area contributed by atoms with Gasteiger partial charge in [0.15, 0.2) is 11.5 Å². The topological polar surface area (TPSA) is 47.6 Å². The van der Waals surface area contributed by atoms with Gasteiger partial charge in [0.25, 0.3) is 5.91 Å². The second-order valence-corrected chi connectivity index (χ2v) is 6.94. The number of hydrogen-bond acceptors (Lipinski definition) is 3. The van der Waals surface area contributed by atoms with E-state index in [0.717, 1.165) is 12.1 Å². The van der Waals surface area contributed by atoms with Crippen LogP contribution in [0, 0.1) is 0 Å². The van der Waals surface area contributed by atoms with Gasteiger partial charge in [0.1, 0.15) is 0 Å². The highest BCUT2D eigenvalue weighted by Crippen LogP contribution is 2.35. The predicted molar refractivity (Wildman–Crippen MR) is 116 cm³/mol. The summed E-state index contributed by atoms with van der Waals surface area (Å²) in [4.78, 5) is 12.8. The first-order valence-corrected chi connectivity index (χ1v) is 9.59. The Balaban J connectivity index is 1.54. The first kappa shape index (κ1) is 18.8. The normalized spacial score (nSPS) is 14.8. The molecule has 4 nitrogen and oxygen atoms in total. The second kappa shape index (κ2) is 8.23. The molecular weight excluding hydrogens is 362 g/mol. The van der Waals surface area contributed by atoms with Crippen molar-refractivity contribution in [2.45, 2.75) is 12.3 Å². The number of benzene rings is 3. The summed E-state index contributed by atoms with van der Waals surface area (Å²) in [5.41, 5.74) is 5.02. The number of para-hydroxylation sites is 1. The maximum atomic E-state index is 12.8. The Labute approximate surface area is 170 Å². The summed E-state index contributed by atoms with van der Waals surface area (Å²) in [7, 11) is 3.08. The smallest absolute Gasteiger partial charge is 0.259 e. The van der Waals surface area contributed by atoms with Crippen molar-refractivity contribution >= 4 is 17.7 Å². The summed E-state index contributed by atoms with van der Waals surface area (Å²) in [6.07, 6.45) is 5.38. The molecule has 4 heteroatoms. The van der Waals surface area contributed by atoms with Crippen LogP contribution in [0.1, 0.15) is 39.4 Å². The maximum Gasteiger partial charge on any atom is 0.259 e. The van der Waals surface area contributed by atoms with Crippen molar-refractivity contribution in [2.75, 3.05) is 19.5 Å². The summed E-state index contributed by atoms with van der Waals surface area (Å²) in [6.45, 7) is 0. The largest absolute Gasteiger partial charge is 0.493 e. The molecule has 0 spiro atoms. The SMILES string of the molecule is COc1cccc(C(=O)Nc2ccc(C3CC=Cc4ccccc43)cc2)c1OC. The number of anilines is 1. The van der Waals surface area contributed by atoms with Gasteiger partial charge >= 0.3 is 0 Å². The molecular formula is C25H23NO3. The van der Waals surface area contributed by atoms with Gasteiger partial charge in [0.2, 0.25) is 0 Å². The molecule has 4 rings (SSSR count). The minimum absolute atomic E-state index is 0.237. The molecule has 0 aliphatic heterocycles. The van der Waals surface area contributed by atoms with Gasteiger partial charge < -0.3 is 14.8 Å². The third kappa shape index (κ3) is 3.74. The van der Waals surface area contributed by atoms with Crippen LogP contribution in [0.15, 0.2) is 72.8 Å². The molecule has 1 aliphatic rings. The summed E-state index contributed by atoms with van der Waals surface area (Å²) in [5.74, 6) is 1.05. The second-order valence-electron chi connectivity index (χ2n) is 6.94. The van der Waals surface area contributed by atoms with E-state index in [1.807, 2.05) is 12.1 Å². The van der Waals surface area contributed by atoms with Crippen LogP contribution in [0.5, 0.6) is 11.5 Å². The number of hydrogen-bond donors (Lipinski definition) is 1. The van der Waals surface area contributed by atoms with Crippen LogP contribution < -0.4 is 14.8 Å². The van der Waals surface area contributed by atoms with E-state index in [2.05, 4.69) is 53.9 Å². The van der Waals surface area contributed by atoms with E-state index in [-0.39, 0.29) is 5.91 Å². The molecule has 3 aromatic carbocycles. The van der Waals surface area contributed by atoms with Gasteiger partial charge in [-0.3, -0.25) is 4.79 Å². The first-order chi connectivity index (χ1) is 14.2. The van der Waals surface area contributed by atoms with E-state index in [1.54, 1.807) is 25.3 Å². The molecule has 1 aliphatic carbocycles. The number of nitrogens with one attached hydrogen (secondary N) is 1. The van der Waals surface area contributed by atoms with Gasteiger partial charge in [-0.25, -0.2) is 0 Å². The van der Waals surface area contributed by atoms with E-state index in [0.29, 0.717) is 23.0 Å². The fourth-order valence-corrected chi connectivity index (χ4v) is 3.82. The van der Waals surface area contributed by atoms with Crippen molar-refractivity contribution in [2.24, 2.45) is 0 Å². The number of fused-ring (bicyclic) bond motifs is 1. The van der Waals surface area contributed by atoms with Gasteiger partial charge in [-0.15, -0.1) is 0 Å². The monoisotopic (exact) mass is 385 g/mol. The highest BCUT2D eigenvalue weighted by atomic mass is 16.5. The number of methoxy groups -OCH3 is 2. The van der Waals surface area contributed by atoms with Gasteiger partial charge in [-0.2, -0.15) is 0 Å². The minimum Gasteiger partial charge on any atom is -0.493 e. The Kier molecular flexibility index (Phi) is 5.34. The van der Waals surface area contributed by atoms with Gasteiger partial charge in [-0.1, -0.05) is 54.6 Å². The molecule has 3 aromatic rings. The number of carbonyl (C=O) groups excluding carboxylic acids is 1. The lowest BCUT2D eigenvalue weighted by Crippen LogP contribution is -2.14. The number of allylic oxidation sites excluding steroid dienone is 1. The van der Waals surface area contributed by atoms with E-state index in [9.17, 15) is 4.79 Å². The standard InChI is InChI=1S/C25H23NO3/c1-28-23-12-6-11-22(24(23)29-2)25(27)26-19-15-13-18(14-16-19)21-10-5-8-17-7-3-4-9-20(17)21/h3-9,11-16,21H,10H2,1-2H3,(H,26,27). The van der Waals surface area contributed by atoms with Crippen molar-refractivity contribution in [3.8, 4) is 11.5 Å². The molecule has 1 amide bonds. The molecule has 0 saturated heterocycles. The van der Waals surface area contributed by atoms with Crippen LogP contribution in [0.4, 0.5) is 5.69 Å². The van der Waals surface area contributed by atoms with Crippen molar-refractivity contribution in [3.63, 3.8) is 0 Å². The van der Waals surface area contributed by atoms with Crippen LogP contribution in [-0.2, 0) is 0 Å². The maximum absolute atomic E-state index is 12.8. The summed E-state index contributed by atoms with van der Waals surface area (Å²) in [5, 5.41) is 2.95. The Morgan fingerprint density at radius 2 is 1.72 bits per heavy atom. The van der Waals surface area contributed by atoms with Gasteiger partial charge in [0, 0.05) is 11.6 Å². The zero-order valence-electron chi connectivity index (χ0n) is 16.5. The Hall–Kier alpha value is -3.53. The molecule has 146 valence electrons. The van der Waals surface area contributed by atoms with Crippen LogP contribution in [-0.4, -0.2) is 20.1 Å².